The first kappa shape index (κ1) is 17.0. The zero-order valence-electron chi connectivity index (χ0n) is 14.9. The van der Waals surface area contributed by atoms with Crippen LogP contribution in [-0.2, 0) is 9.47 Å². The Morgan fingerprint density at radius 3 is 1.50 bits per heavy atom. The molecular formula is C20H22O6. The summed E-state index contributed by atoms with van der Waals surface area (Å²) in [5.74, 6) is 2.80. The minimum Gasteiger partial charge on any atom is -0.493 e. The Morgan fingerprint density at radius 1 is 0.731 bits per heavy atom. The lowest BCUT2D eigenvalue weighted by Crippen LogP contribution is -2.05. The van der Waals surface area contributed by atoms with Gasteiger partial charge < -0.3 is 28.4 Å². The molecule has 0 saturated carbocycles. The van der Waals surface area contributed by atoms with Gasteiger partial charge in [-0.1, -0.05) is 12.1 Å². The van der Waals surface area contributed by atoms with Crippen LogP contribution in [0.3, 0.4) is 0 Å². The van der Waals surface area contributed by atoms with Crippen LogP contribution >= 0.6 is 0 Å². The second-order valence-corrected chi connectivity index (χ2v) is 6.26. The number of methoxy groups -OCH3 is 2. The van der Waals surface area contributed by atoms with Gasteiger partial charge in [0.1, 0.15) is 25.4 Å². The van der Waals surface area contributed by atoms with Gasteiger partial charge in [0.2, 0.25) is 0 Å². The first-order valence-corrected chi connectivity index (χ1v) is 8.62. The average molecular weight is 358 g/mol. The highest BCUT2D eigenvalue weighted by atomic mass is 16.6. The summed E-state index contributed by atoms with van der Waals surface area (Å²) in [5.41, 5.74) is 2.01. The van der Waals surface area contributed by atoms with Gasteiger partial charge in [-0.15, -0.1) is 0 Å². The largest absolute Gasteiger partial charge is 0.493 e. The van der Waals surface area contributed by atoms with Gasteiger partial charge in [0.15, 0.2) is 23.0 Å². The molecule has 0 bridgehead atoms. The van der Waals surface area contributed by atoms with E-state index in [0.717, 1.165) is 24.3 Å². The molecule has 26 heavy (non-hydrogen) atoms. The molecule has 4 rings (SSSR count). The van der Waals surface area contributed by atoms with Crippen LogP contribution in [0.25, 0.3) is 11.1 Å². The van der Waals surface area contributed by atoms with Crippen LogP contribution in [0.15, 0.2) is 36.4 Å². The Morgan fingerprint density at radius 2 is 1.15 bits per heavy atom. The molecule has 2 aliphatic rings. The van der Waals surface area contributed by atoms with E-state index in [1.807, 2.05) is 36.4 Å². The number of epoxide rings is 2. The van der Waals surface area contributed by atoms with E-state index in [2.05, 4.69) is 0 Å². The van der Waals surface area contributed by atoms with Crippen LogP contribution < -0.4 is 18.9 Å². The molecule has 0 spiro atoms. The molecule has 138 valence electrons. The van der Waals surface area contributed by atoms with Crippen LogP contribution in [-0.4, -0.2) is 52.9 Å². The van der Waals surface area contributed by atoms with Crippen molar-refractivity contribution in [3.63, 3.8) is 0 Å². The highest BCUT2D eigenvalue weighted by Gasteiger charge is 2.24. The van der Waals surface area contributed by atoms with Gasteiger partial charge in [-0.05, 0) is 35.4 Å². The SMILES string of the molecule is COc1cc(-c2ccc(OCC3CO3)c(OC)c2)ccc1OCC1CO1. The van der Waals surface area contributed by atoms with E-state index in [0.29, 0.717) is 36.2 Å². The van der Waals surface area contributed by atoms with Gasteiger partial charge in [-0.3, -0.25) is 0 Å². The van der Waals surface area contributed by atoms with Crippen molar-refractivity contribution in [3.8, 4) is 34.1 Å². The quantitative estimate of drug-likeness (QED) is 0.643. The molecule has 2 atom stereocenters. The zero-order valence-corrected chi connectivity index (χ0v) is 14.9. The van der Waals surface area contributed by atoms with Gasteiger partial charge in [-0.25, -0.2) is 0 Å². The molecule has 0 amide bonds. The minimum absolute atomic E-state index is 0.206. The Hall–Kier alpha value is -2.44. The second-order valence-electron chi connectivity index (χ2n) is 6.26. The number of hydrogen-bond donors (Lipinski definition) is 0. The molecule has 0 aliphatic carbocycles. The highest BCUT2D eigenvalue weighted by Crippen LogP contribution is 2.37. The van der Waals surface area contributed by atoms with E-state index in [9.17, 15) is 0 Å². The van der Waals surface area contributed by atoms with Gasteiger partial charge >= 0.3 is 0 Å². The lowest BCUT2D eigenvalue weighted by Gasteiger charge is -2.14. The lowest BCUT2D eigenvalue weighted by atomic mass is 10.0. The number of benzene rings is 2. The molecule has 0 N–H and O–H groups in total. The van der Waals surface area contributed by atoms with E-state index in [1.54, 1.807) is 14.2 Å². The van der Waals surface area contributed by atoms with E-state index in [1.165, 1.54) is 0 Å². The third-order valence-electron chi connectivity index (χ3n) is 4.31. The normalized spacial score (nSPS) is 20.4. The molecule has 0 aromatic heterocycles. The first-order valence-electron chi connectivity index (χ1n) is 8.62. The van der Waals surface area contributed by atoms with E-state index >= 15 is 0 Å². The number of hydrogen-bond acceptors (Lipinski definition) is 6. The number of ether oxygens (including phenoxy) is 6. The molecular weight excluding hydrogens is 336 g/mol. The summed E-state index contributed by atoms with van der Waals surface area (Å²) in [6.45, 7) is 2.61. The molecule has 2 aromatic rings. The fraction of sp³-hybridized carbons (Fsp3) is 0.400. The molecule has 2 heterocycles. The van der Waals surface area contributed by atoms with Gasteiger partial charge in [0.05, 0.1) is 27.4 Å². The summed E-state index contributed by atoms with van der Waals surface area (Å²) in [4.78, 5) is 0. The maximum atomic E-state index is 5.76. The van der Waals surface area contributed by atoms with Gasteiger partial charge in [0.25, 0.3) is 0 Å². The fourth-order valence-electron chi connectivity index (χ4n) is 2.63. The molecule has 0 radical (unpaired) electrons. The van der Waals surface area contributed by atoms with Crippen LogP contribution in [0.5, 0.6) is 23.0 Å². The summed E-state index contributed by atoms with van der Waals surface area (Å²) in [6.07, 6.45) is 0.412. The standard InChI is InChI=1S/C20H22O6/c1-21-19-7-13(3-5-17(19)25-11-15-9-23-15)14-4-6-18(20(8-14)22-2)26-12-16-10-24-16/h3-8,15-16H,9-12H2,1-2H3. The monoisotopic (exact) mass is 358 g/mol. The minimum atomic E-state index is 0.206. The smallest absolute Gasteiger partial charge is 0.161 e. The molecule has 2 saturated heterocycles. The molecule has 2 aliphatic heterocycles. The van der Waals surface area contributed by atoms with Crippen molar-refractivity contribution in [1.29, 1.82) is 0 Å². The summed E-state index contributed by atoms with van der Waals surface area (Å²) >= 11 is 0. The predicted octanol–water partition coefficient (Wildman–Crippen LogP) is 2.93. The predicted molar refractivity (Wildman–Crippen MR) is 95.5 cm³/mol. The van der Waals surface area contributed by atoms with Crippen molar-refractivity contribution in [2.24, 2.45) is 0 Å². The molecule has 2 unspecified atom stereocenters. The Bertz CT molecular complexity index is 701. The van der Waals surface area contributed by atoms with Crippen LogP contribution in [0.1, 0.15) is 0 Å². The Labute approximate surface area is 152 Å². The second kappa shape index (κ2) is 7.43. The summed E-state index contributed by atoms with van der Waals surface area (Å²) in [7, 11) is 3.27. The van der Waals surface area contributed by atoms with Crippen LogP contribution in [0.2, 0.25) is 0 Å². The van der Waals surface area contributed by atoms with Crippen molar-refractivity contribution < 1.29 is 28.4 Å². The first-order chi connectivity index (χ1) is 12.8. The van der Waals surface area contributed by atoms with Gasteiger partial charge in [0, 0.05) is 0 Å². The van der Waals surface area contributed by atoms with Crippen LogP contribution in [0, 0.1) is 0 Å². The lowest BCUT2D eigenvalue weighted by molar-refractivity contribution is 0.252. The Kier molecular flexibility index (Phi) is 4.86. The molecule has 2 aromatic carbocycles. The fourth-order valence-corrected chi connectivity index (χ4v) is 2.63. The molecule has 2 fully saturated rings. The Balaban J connectivity index is 1.53. The van der Waals surface area contributed by atoms with Crippen molar-refractivity contribution in [2.45, 2.75) is 12.2 Å². The van der Waals surface area contributed by atoms with Crippen molar-refractivity contribution in [3.05, 3.63) is 36.4 Å². The highest BCUT2D eigenvalue weighted by molar-refractivity contribution is 5.70. The topological polar surface area (TPSA) is 62.0 Å². The zero-order chi connectivity index (χ0) is 17.9. The maximum Gasteiger partial charge on any atom is 0.161 e. The van der Waals surface area contributed by atoms with E-state index in [-0.39, 0.29) is 12.2 Å². The van der Waals surface area contributed by atoms with Crippen molar-refractivity contribution in [1.82, 2.24) is 0 Å². The maximum absolute atomic E-state index is 5.76. The van der Waals surface area contributed by atoms with Crippen LogP contribution in [0.4, 0.5) is 0 Å². The molecule has 6 nitrogen and oxygen atoms in total. The van der Waals surface area contributed by atoms with Gasteiger partial charge in [-0.2, -0.15) is 0 Å². The van der Waals surface area contributed by atoms with Crippen molar-refractivity contribution >= 4 is 0 Å². The van der Waals surface area contributed by atoms with E-state index in [4.69, 9.17) is 28.4 Å². The molecule has 6 heteroatoms. The summed E-state index contributed by atoms with van der Waals surface area (Å²) in [5, 5.41) is 0. The number of rotatable bonds is 9. The summed E-state index contributed by atoms with van der Waals surface area (Å²) in [6, 6.07) is 11.7. The van der Waals surface area contributed by atoms with E-state index < -0.39 is 0 Å². The third-order valence-corrected chi connectivity index (χ3v) is 4.31. The summed E-state index contributed by atoms with van der Waals surface area (Å²) < 4.78 is 32.8. The third kappa shape index (κ3) is 4.03. The van der Waals surface area contributed by atoms with Crippen molar-refractivity contribution in [2.75, 3.05) is 40.6 Å². The average Bonchev–Trinajstić information content (AvgIpc) is 3.59.